The van der Waals surface area contributed by atoms with E-state index in [1.54, 1.807) is 12.4 Å². The van der Waals surface area contributed by atoms with Crippen molar-refractivity contribution in [3.63, 3.8) is 0 Å². The van der Waals surface area contributed by atoms with E-state index in [9.17, 15) is 5.26 Å². The fourth-order valence-electron chi connectivity index (χ4n) is 5.31. The highest BCUT2D eigenvalue weighted by molar-refractivity contribution is 6.36. The number of hydrogen-bond donors (Lipinski definition) is 4. The quantitative estimate of drug-likeness (QED) is 0.149. The predicted octanol–water partition coefficient (Wildman–Crippen LogP) is 5.60. The van der Waals surface area contributed by atoms with E-state index in [1.807, 2.05) is 42.5 Å². The van der Waals surface area contributed by atoms with Crippen molar-refractivity contribution >= 4 is 53.3 Å². The van der Waals surface area contributed by atoms with Crippen LogP contribution in [0.2, 0.25) is 10.2 Å². The van der Waals surface area contributed by atoms with Crippen LogP contribution in [-0.4, -0.2) is 28.9 Å². The molecule has 1 unspecified atom stereocenters. The number of benzene rings is 2. The maximum absolute atomic E-state index is 10.0. The lowest BCUT2D eigenvalue weighted by Gasteiger charge is -2.34. The van der Waals surface area contributed by atoms with E-state index in [0.29, 0.717) is 33.0 Å². The van der Waals surface area contributed by atoms with Crippen molar-refractivity contribution in [3.05, 3.63) is 106 Å². The van der Waals surface area contributed by atoms with E-state index in [1.165, 1.54) is 0 Å². The minimum Gasteiger partial charge on any atom is -0.378 e. The first-order chi connectivity index (χ1) is 19.9. The molecule has 4 N–H and O–H groups in total. The fourth-order valence-corrected chi connectivity index (χ4v) is 5.89. The summed E-state index contributed by atoms with van der Waals surface area (Å²) in [6.07, 6.45) is 8.43. The number of hydrazine groups is 2. The number of hydrogen-bond acceptors (Lipinski definition) is 8. The third-order valence-corrected chi connectivity index (χ3v) is 8.32. The summed E-state index contributed by atoms with van der Waals surface area (Å²) in [4.78, 5) is 8.90. The summed E-state index contributed by atoms with van der Waals surface area (Å²) in [5.41, 5.74) is 11.1. The number of nitrogens with zero attached hydrogens (tertiary/aromatic N) is 4. The zero-order valence-corrected chi connectivity index (χ0v) is 24.3. The summed E-state index contributed by atoms with van der Waals surface area (Å²) in [7, 11) is 2.05. The van der Waals surface area contributed by atoms with Gasteiger partial charge in [0, 0.05) is 41.3 Å². The summed E-state index contributed by atoms with van der Waals surface area (Å²) in [6, 6.07) is 20.6. The van der Waals surface area contributed by atoms with Crippen LogP contribution in [0.5, 0.6) is 0 Å². The lowest BCUT2D eigenvalue weighted by Crippen LogP contribution is -2.45. The van der Waals surface area contributed by atoms with Crippen molar-refractivity contribution in [2.45, 2.75) is 43.7 Å². The summed E-state index contributed by atoms with van der Waals surface area (Å²) in [5.74, 6) is 0. The molecule has 1 fully saturated rings. The molecule has 1 aliphatic heterocycles. The molecule has 2 atom stereocenters. The zero-order valence-electron chi connectivity index (χ0n) is 22.7. The smallest absolute Gasteiger partial charge is 0.148 e. The van der Waals surface area contributed by atoms with Crippen LogP contribution >= 0.6 is 23.2 Å². The average molecular weight is 583 g/mol. The second kappa shape index (κ2) is 11.1. The Morgan fingerprint density at radius 2 is 1.98 bits per heavy atom. The predicted molar refractivity (Wildman–Crippen MR) is 167 cm³/mol. The largest absolute Gasteiger partial charge is 0.378 e. The molecular formula is C30H29BCl2N8. The van der Waals surface area contributed by atoms with Gasteiger partial charge in [0.2, 0.25) is 0 Å². The van der Waals surface area contributed by atoms with Crippen molar-refractivity contribution in [3.8, 4) is 6.07 Å². The third-order valence-electron chi connectivity index (χ3n) is 7.73. The van der Waals surface area contributed by atoms with Crippen LogP contribution in [0.25, 0.3) is 10.9 Å². The number of halogens is 2. The molecule has 4 aromatic rings. The Labute approximate surface area is 250 Å². The van der Waals surface area contributed by atoms with E-state index in [-0.39, 0.29) is 6.04 Å². The van der Waals surface area contributed by atoms with Gasteiger partial charge in [-0.3, -0.25) is 9.99 Å². The number of anilines is 2. The second-order valence-corrected chi connectivity index (χ2v) is 11.3. The molecule has 41 heavy (non-hydrogen) atoms. The van der Waals surface area contributed by atoms with E-state index < -0.39 is 5.44 Å². The first-order valence-electron chi connectivity index (χ1n) is 13.7. The summed E-state index contributed by atoms with van der Waals surface area (Å²) in [6.45, 7) is 2.12. The molecule has 0 bridgehead atoms. The normalized spacial score (nSPS) is 16.8. The van der Waals surface area contributed by atoms with Gasteiger partial charge in [0.25, 0.3) is 0 Å². The number of fused-ring (bicyclic) bond motifs is 1. The third kappa shape index (κ3) is 5.27. The van der Waals surface area contributed by atoms with Crippen molar-refractivity contribution < 1.29 is 0 Å². The van der Waals surface area contributed by atoms with Crippen LogP contribution in [0.15, 0.2) is 78.9 Å². The van der Waals surface area contributed by atoms with Crippen LogP contribution in [0.3, 0.4) is 0 Å². The summed E-state index contributed by atoms with van der Waals surface area (Å²) in [5, 5.41) is 21.0. The van der Waals surface area contributed by atoms with Crippen molar-refractivity contribution in [1.29, 1.82) is 5.26 Å². The standard InChI is InChI=1S/C30H29BCl2N8/c1-2-25(18-7-4-3-5-8-18)37-27-19(15-34)16-36-28-22(27)13-20(14-24(28)32)38-30(31,23-9-6-12-35-29(23)33)26-17-41(40-39-26)21-10-11-21/h3-9,12-14,16-17,21,25,38-40H,2,10-11,31H2,1H3,(H,36,37)/t25-,30?/m1/s1. The molecule has 2 aromatic heterocycles. The van der Waals surface area contributed by atoms with Crippen molar-refractivity contribution in [1.82, 2.24) is 25.9 Å². The van der Waals surface area contributed by atoms with Crippen LogP contribution in [-0.2, 0) is 5.44 Å². The van der Waals surface area contributed by atoms with E-state index in [2.05, 4.69) is 75.7 Å². The summed E-state index contributed by atoms with van der Waals surface area (Å²) >= 11 is 13.5. The highest BCUT2D eigenvalue weighted by Gasteiger charge is 2.39. The Balaban J connectivity index is 1.45. The molecule has 1 aliphatic carbocycles. The van der Waals surface area contributed by atoms with Crippen molar-refractivity contribution in [2.24, 2.45) is 0 Å². The molecule has 0 radical (unpaired) electrons. The van der Waals surface area contributed by atoms with Crippen LogP contribution in [0, 0.1) is 11.3 Å². The van der Waals surface area contributed by atoms with Gasteiger partial charge in [-0.25, -0.2) is 4.98 Å². The first kappa shape index (κ1) is 27.2. The van der Waals surface area contributed by atoms with Crippen LogP contribution in [0.1, 0.15) is 48.9 Å². The first-order valence-corrected chi connectivity index (χ1v) is 14.4. The van der Waals surface area contributed by atoms with Crippen LogP contribution in [0.4, 0.5) is 11.4 Å². The zero-order chi connectivity index (χ0) is 28.6. The van der Waals surface area contributed by atoms with Gasteiger partial charge in [-0.15, -0.1) is 5.53 Å². The van der Waals surface area contributed by atoms with Gasteiger partial charge in [-0.05, 0) is 43.0 Å². The number of nitrogens with one attached hydrogen (secondary N) is 4. The Hall–Kier alpha value is -3.97. The van der Waals surface area contributed by atoms with Gasteiger partial charge in [0.1, 0.15) is 19.1 Å². The molecular weight excluding hydrogens is 554 g/mol. The highest BCUT2D eigenvalue weighted by atomic mass is 35.5. The van der Waals surface area contributed by atoms with Crippen molar-refractivity contribution in [2.75, 3.05) is 10.6 Å². The second-order valence-electron chi connectivity index (χ2n) is 10.5. The van der Waals surface area contributed by atoms with E-state index >= 15 is 0 Å². The fraction of sp³-hybridized carbons (Fsp3) is 0.233. The molecule has 0 saturated heterocycles. The minimum absolute atomic E-state index is 0.00363. The van der Waals surface area contributed by atoms with Gasteiger partial charge in [-0.1, -0.05) is 66.5 Å². The molecule has 0 spiro atoms. The number of nitriles is 1. The average Bonchev–Trinajstić information content (AvgIpc) is 3.71. The minimum atomic E-state index is -0.803. The monoisotopic (exact) mass is 582 g/mol. The molecule has 0 amide bonds. The molecule has 3 heterocycles. The lowest BCUT2D eigenvalue weighted by atomic mass is 9.70. The lowest BCUT2D eigenvalue weighted by molar-refractivity contribution is 0.260. The maximum atomic E-state index is 10.0. The van der Waals surface area contributed by atoms with Gasteiger partial charge in [0.15, 0.2) is 0 Å². The Morgan fingerprint density at radius 3 is 2.68 bits per heavy atom. The van der Waals surface area contributed by atoms with Gasteiger partial charge in [0.05, 0.1) is 39.0 Å². The molecule has 6 rings (SSSR count). The Morgan fingerprint density at radius 1 is 1.17 bits per heavy atom. The molecule has 206 valence electrons. The molecule has 2 aromatic carbocycles. The van der Waals surface area contributed by atoms with E-state index in [0.717, 1.165) is 47.2 Å². The van der Waals surface area contributed by atoms with Crippen LogP contribution < -0.4 is 21.6 Å². The molecule has 2 aliphatic rings. The van der Waals surface area contributed by atoms with Gasteiger partial charge >= 0.3 is 0 Å². The molecule has 11 heteroatoms. The SMILES string of the molecule is BC(Nc1cc(Cl)c2ncc(C#N)c(N[C@H](CC)c3ccccc3)c2c1)(C1=CN(C2CC2)NN1)c1cccnc1Cl. The van der Waals surface area contributed by atoms with Gasteiger partial charge < -0.3 is 16.1 Å². The topological polar surface area (TPSA) is 101 Å². The number of pyridine rings is 2. The molecule has 1 saturated carbocycles. The Kier molecular flexibility index (Phi) is 7.39. The van der Waals surface area contributed by atoms with E-state index in [4.69, 9.17) is 23.2 Å². The number of rotatable bonds is 9. The van der Waals surface area contributed by atoms with Gasteiger partial charge in [-0.2, -0.15) is 5.26 Å². The number of aromatic nitrogens is 2. The summed E-state index contributed by atoms with van der Waals surface area (Å²) < 4.78 is 0. The maximum Gasteiger partial charge on any atom is 0.148 e. The Bertz CT molecular complexity index is 1670. The highest BCUT2D eigenvalue weighted by Crippen LogP contribution is 2.40. The molecule has 8 nitrogen and oxygen atoms in total.